The molecular weight excluding hydrogens is 302 g/mol. The van der Waals surface area contributed by atoms with Crippen molar-refractivity contribution < 1.29 is 22.7 Å². The first kappa shape index (κ1) is 15.0. The quantitative estimate of drug-likeness (QED) is 0.780. The van der Waals surface area contributed by atoms with Crippen LogP contribution in [0.2, 0.25) is 0 Å². The summed E-state index contributed by atoms with van der Waals surface area (Å²) >= 11 is 1.48. The Morgan fingerprint density at radius 1 is 1.45 bits per heavy atom. The predicted molar refractivity (Wildman–Crippen MR) is 74.2 cm³/mol. The lowest BCUT2D eigenvalue weighted by molar-refractivity contribution is -0.148. The first-order chi connectivity index (χ1) is 9.44. The zero-order valence-electron chi connectivity index (χ0n) is 10.7. The number of amides is 1. The van der Waals surface area contributed by atoms with Gasteiger partial charge in [-0.05, 0) is 28.8 Å². The van der Waals surface area contributed by atoms with Gasteiger partial charge in [0.25, 0.3) is 5.91 Å². The lowest BCUT2D eigenvalue weighted by Crippen LogP contribution is -2.38. The maximum atomic E-state index is 11.5. The minimum Gasteiger partial charge on any atom is -0.455 e. The SMILES string of the molecule is O=C(COC(=O)Cc1ccsc1)N[C@@H]1CCS(=O)(=O)C1. The van der Waals surface area contributed by atoms with Crippen molar-refractivity contribution in [1.82, 2.24) is 5.32 Å². The van der Waals surface area contributed by atoms with Gasteiger partial charge >= 0.3 is 5.97 Å². The van der Waals surface area contributed by atoms with Gasteiger partial charge in [-0.2, -0.15) is 11.3 Å². The smallest absolute Gasteiger partial charge is 0.310 e. The summed E-state index contributed by atoms with van der Waals surface area (Å²) in [5.74, 6) is -0.888. The minimum atomic E-state index is -3.03. The number of hydrogen-bond acceptors (Lipinski definition) is 6. The molecule has 20 heavy (non-hydrogen) atoms. The van der Waals surface area contributed by atoms with Gasteiger partial charge in [0.15, 0.2) is 16.4 Å². The van der Waals surface area contributed by atoms with E-state index in [1.807, 2.05) is 16.8 Å². The maximum Gasteiger partial charge on any atom is 0.310 e. The fraction of sp³-hybridized carbons (Fsp3) is 0.500. The van der Waals surface area contributed by atoms with Gasteiger partial charge in [0.05, 0.1) is 17.9 Å². The Labute approximate surface area is 121 Å². The van der Waals surface area contributed by atoms with E-state index in [9.17, 15) is 18.0 Å². The van der Waals surface area contributed by atoms with Crippen molar-refractivity contribution in [2.24, 2.45) is 0 Å². The molecule has 1 fully saturated rings. The third-order valence-electron chi connectivity index (χ3n) is 2.89. The number of nitrogens with one attached hydrogen (secondary N) is 1. The molecule has 0 aromatic carbocycles. The van der Waals surface area contributed by atoms with Gasteiger partial charge < -0.3 is 10.1 Å². The van der Waals surface area contributed by atoms with Gasteiger partial charge in [-0.15, -0.1) is 0 Å². The minimum absolute atomic E-state index is 0.0401. The van der Waals surface area contributed by atoms with Crippen molar-refractivity contribution in [2.75, 3.05) is 18.1 Å². The van der Waals surface area contributed by atoms with Crippen LogP contribution in [0.25, 0.3) is 0 Å². The van der Waals surface area contributed by atoms with E-state index in [0.717, 1.165) is 5.56 Å². The second kappa shape index (κ2) is 6.36. The van der Waals surface area contributed by atoms with Crippen molar-refractivity contribution in [1.29, 1.82) is 0 Å². The number of ether oxygens (including phenoxy) is 1. The summed E-state index contributed by atoms with van der Waals surface area (Å²) in [4.78, 5) is 23.0. The van der Waals surface area contributed by atoms with Crippen LogP contribution in [0.5, 0.6) is 0 Å². The normalized spacial score (nSPS) is 20.5. The molecule has 1 aromatic rings. The molecule has 1 N–H and O–H groups in total. The second-order valence-corrected chi connectivity index (χ2v) is 7.65. The van der Waals surface area contributed by atoms with E-state index >= 15 is 0 Å². The van der Waals surface area contributed by atoms with Crippen LogP contribution in [0, 0.1) is 0 Å². The first-order valence-electron chi connectivity index (χ1n) is 6.11. The molecule has 1 aliphatic heterocycles. The number of thiophene rings is 1. The van der Waals surface area contributed by atoms with Crippen LogP contribution < -0.4 is 5.32 Å². The molecule has 0 saturated carbocycles. The van der Waals surface area contributed by atoms with Gasteiger partial charge in [0.2, 0.25) is 0 Å². The van der Waals surface area contributed by atoms with Gasteiger partial charge in [-0.3, -0.25) is 9.59 Å². The molecule has 0 bridgehead atoms. The lowest BCUT2D eigenvalue weighted by atomic mass is 10.2. The molecule has 1 aromatic heterocycles. The molecule has 2 rings (SSSR count). The number of esters is 1. The molecule has 0 aliphatic carbocycles. The largest absolute Gasteiger partial charge is 0.455 e. The fourth-order valence-electron chi connectivity index (χ4n) is 1.94. The highest BCUT2D eigenvalue weighted by atomic mass is 32.2. The van der Waals surface area contributed by atoms with Crippen molar-refractivity contribution in [3.8, 4) is 0 Å². The van der Waals surface area contributed by atoms with Gasteiger partial charge in [-0.25, -0.2) is 8.42 Å². The van der Waals surface area contributed by atoms with E-state index < -0.39 is 21.7 Å². The zero-order chi connectivity index (χ0) is 14.6. The molecule has 1 atom stereocenters. The molecule has 1 amide bonds. The average molecular weight is 317 g/mol. The van der Waals surface area contributed by atoms with E-state index in [-0.39, 0.29) is 30.6 Å². The van der Waals surface area contributed by atoms with Crippen LogP contribution >= 0.6 is 11.3 Å². The molecule has 0 radical (unpaired) electrons. The highest BCUT2D eigenvalue weighted by Crippen LogP contribution is 2.11. The standard InChI is InChI=1S/C12H15NO5S2/c14-11(13-10-2-4-20(16,17)8-10)6-18-12(15)5-9-1-3-19-7-9/h1,3,7,10H,2,4-6,8H2,(H,13,14)/t10-/m1/s1. The van der Waals surface area contributed by atoms with Crippen LogP contribution in [-0.2, 0) is 30.6 Å². The highest BCUT2D eigenvalue weighted by Gasteiger charge is 2.28. The Morgan fingerprint density at radius 2 is 2.25 bits per heavy atom. The van der Waals surface area contributed by atoms with Crippen LogP contribution in [-0.4, -0.2) is 44.4 Å². The Morgan fingerprint density at radius 3 is 2.85 bits per heavy atom. The van der Waals surface area contributed by atoms with Crippen molar-refractivity contribution in [3.05, 3.63) is 22.4 Å². The first-order valence-corrected chi connectivity index (χ1v) is 8.87. The number of sulfone groups is 1. The summed E-state index contributed by atoms with van der Waals surface area (Å²) in [5.41, 5.74) is 0.849. The zero-order valence-corrected chi connectivity index (χ0v) is 12.3. The third-order valence-corrected chi connectivity index (χ3v) is 5.39. The Balaban J connectivity index is 1.69. The third kappa shape index (κ3) is 4.61. The molecule has 110 valence electrons. The van der Waals surface area contributed by atoms with E-state index in [4.69, 9.17) is 4.74 Å². The Bertz CT molecular complexity index is 579. The molecule has 1 saturated heterocycles. The Hall–Kier alpha value is -1.41. The predicted octanol–water partition coefficient (Wildman–Crippen LogP) is 0.137. The monoisotopic (exact) mass is 317 g/mol. The Kier molecular flexibility index (Phi) is 4.77. The van der Waals surface area contributed by atoms with Crippen LogP contribution in [0.1, 0.15) is 12.0 Å². The van der Waals surface area contributed by atoms with Gasteiger partial charge in [0.1, 0.15) is 0 Å². The molecule has 1 aliphatic rings. The van der Waals surface area contributed by atoms with Gasteiger partial charge in [-0.1, -0.05) is 0 Å². The maximum absolute atomic E-state index is 11.5. The molecule has 0 spiro atoms. The topological polar surface area (TPSA) is 89.5 Å². The lowest BCUT2D eigenvalue weighted by Gasteiger charge is -2.10. The number of rotatable bonds is 5. The van der Waals surface area contributed by atoms with E-state index in [2.05, 4.69) is 5.32 Å². The summed E-state index contributed by atoms with van der Waals surface area (Å²) in [6, 6.07) is 1.44. The van der Waals surface area contributed by atoms with Crippen molar-refractivity contribution in [3.63, 3.8) is 0 Å². The van der Waals surface area contributed by atoms with Crippen molar-refractivity contribution >= 4 is 33.1 Å². The fourth-order valence-corrected chi connectivity index (χ4v) is 4.28. The summed E-state index contributed by atoms with van der Waals surface area (Å²) in [7, 11) is -3.03. The molecule has 2 heterocycles. The van der Waals surface area contributed by atoms with Crippen LogP contribution in [0.4, 0.5) is 0 Å². The van der Waals surface area contributed by atoms with E-state index in [1.165, 1.54) is 11.3 Å². The molecule has 8 heteroatoms. The number of hydrogen-bond donors (Lipinski definition) is 1. The average Bonchev–Trinajstić information content (AvgIpc) is 2.97. The summed E-state index contributed by atoms with van der Waals surface area (Å²) in [6.07, 6.45) is 0.547. The summed E-state index contributed by atoms with van der Waals surface area (Å²) < 4.78 is 27.3. The number of carbonyl (C=O) groups is 2. The summed E-state index contributed by atoms with van der Waals surface area (Å²) in [6.45, 7) is -0.375. The second-order valence-electron chi connectivity index (χ2n) is 4.64. The van der Waals surface area contributed by atoms with Crippen LogP contribution in [0.3, 0.4) is 0 Å². The van der Waals surface area contributed by atoms with Crippen LogP contribution in [0.15, 0.2) is 16.8 Å². The number of carbonyl (C=O) groups excluding carboxylic acids is 2. The summed E-state index contributed by atoms with van der Waals surface area (Å²) in [5, 5.41) is 6.25. The van der Waals surface area contributed by atoms with Gasteiger partial charge in [0, 0.05) is 6.04 Å². The molecule has 0 unspecified atom stereocenters. The molecular formula is C12H15NO5S2. The van der Waals surface area contributed by atoms with E-state index in [0.29, 0.717) is 6.42 Å². The van der Waals surface area contributed by atoms with Crippen molar-refractivity contribution in [2.45, 2.75) is 18.9 Å². The highest BCUT2D eigenvalue weighted by molar-refractivity contribution is 7.91. The molecule has 6 nitrogen and oxygen atoms in total. The van der Waals surface area contributed by atoms with E-state index in [1.54, 1.807) is 0 Å².